The van der Waals surface area contributed by atoms with Gasteiger partial charge in [-0.1, -0.05) is 0 Å². The average Bonchev–Trinajstić information content (AvgIpc) is 3.15. The molecule has 0 spiro atoms. The Bertz CT molecular complexity index is 1300. The van der Waals surface area contributed by atoms with Gasteiger partial charge >= 0.3 is 0 Å². The van der Waals surface area contributed by atoms with Crippen molar-refractivity contribution >= 4 is 28.0 Å². The number of hydrogen-bond donors (Lipinski definition) is 2. The number of halogens is 1. The molecule has 8 heteroatoms. The largest absolute Gasteiger partial charge is 0.504 e. The number of anilines is 1. The van der Waals surface area contributed by atoms with Crippen LogP contribution in [0, 0.1) is 12.7 Å². The first-order valence-corrected chi connectivity index (χ1v) is 10.9. The molecule has 1 saturated carbocycles. The molecule has 2 fully saturated rings. The van der Waals surface area contributed by atoms with Crippen molar-refractivity contribution in [3.63, 3.8) is 0 Å². The Hall–Kier alpha value is -3.26. The Balaban J connectivity index is 0.000000383. The number of rotatable bonds is 2. The Kier molecular flexibility index (Phi) is 4.97. The zero-order chi connectivity index (χ0) is 22.5. The summed E-state index contributed by atoms with van der Waals surface area (Å²) in [5.41, 5.74) is 8.18. The molecule has 166 valence electrons. The monoisotopic (exact) mass is 435 g/mol. The Labute approximate surface area is 185 Å². The van der Waals surface area contributed by atoms with Gasteiger partial charge in [-0.3, -0.25) is 0 Å². The van der Waals surface area contributed by atoms with Gasteiger partial charge in [0.2, 0.25) is 0 Å². The number of nitrogens with zero attached hydrogens (tertiary/aromatic N) is 4. The van der Waals surface area contributed by atoms with E-state index in [0.717, 1.165) is 24.4 Å². The highest BCUT2D eigenvalue weighted by atomic mass is 19.1. The third kappa shape index (κ3) is 3.98. The number of aryl methyl sites for hydroxylation is 1. The van der Waals surface area contributed by atoms with Crippen molar-refractivity contribution < 1.29 is 13.9 Å². The number of pyridine rings is 2. The number of hydrogen-bond acceptors (Lipinski definition) is 7. The topological polar surface area (TPSA) is 101 Å². The van der Waals surface area contributed by atoms with Crippen LogP contribution in [-0.4, -0.2) is 38.7 Å². The first kappa shape index (κ1) is 20.6. The molecule has 0 atom stereocenters. The molecule has 6 rings (SSSR count). The van der Waals surface area contributed by atoms with E-state index in [0.29, 0.717) is 17.1 Å². The minimum atomic E-state index is -0.802. The Morgan fingerprint density at radius 3 is 2.41 bits per heavy atom. The molecule has 32 heavy (non-hydrogen) atoms. The fourth-order valence-electron chi connectivity index (χ4n) is 3.79. The zero-order valence-electron chi connectivity index (χ0n) is 18.2. The number of aromatic nitrogens is 3. The van der Waals surface area contributed by atoms with Gasteiger partial charge in [0.15, 0.2) is 23.0 Å². The van der Waals surface area contributed by atoms with Crippen molar-refractivity contribution in [2.45, 2.75) is 45.1 Å². The van der Waals surface area contributed by atoms with Crippen molar-refractivity contribution in [2.75, 3.05) is 18.0 Å². The maximum Gasteiger partial charge on any atom is 0.195 e. The van der Waals surface area contributed by atoms with Crippen molar-refractivity contribution in [2.24, 2.45) is 5.73 Å². The molecule has 4 aromatic rings. The minimum absolute atomic E-state index is 0.0199. The van der Waals surface area contributed by atoms with Gasteiger partial charge in [0.1, 0.15) is 11.3 Å². The van der Waals surface area contributed by atoms with Crippen LogP contribution in [0.5, 0.6) is 5.75 Å². The summed E-state index contributed by atoms with van der Waals surface area (Å²) in [7, 11) is 0. The molecule has 0 radical (unpaired) electrons. The van der Waals surface area contributed by atoms with E-state index in [-0.39, 0.29) is 22.2 Å². The second-order valence-electron chi connectivity index (χ2n) is 8.92. The number of benzene rings is 1. The molecule has 7 nitrogen and oxygen atoms in total. The van der Waals surface area contributed by atoms with E-state index in [2.05, 4.69) is 26.8 Å². The van der Waals surface area contributed by atoms with Crippen LogP contribution < -0.4 is 10.6 Å². The van der Waals surface area contributed by atoms with E-state index in [1.54, 1.807) is 19.1 Å². The lowest BCUT2D eigenvalue weighted by atomic mass is 10.1. The van der Waals surface area contributed by atoms with Crippen molar-refractivity contribution in [1.29, 1.82) is 0 Å². The maximum atomic E-state index is 14.5. The smallest absolute Gasteiger partial charge is 0.195 e. The summed E-state index contributed by atoms with van der Waals surface area (Å²) in [5, 5.41) is 10.3. The summed E-state index contributed by atoms with van der Waals surface area (Å²) in [6, 6.07) is 8.99. The van der Waals surface area contributed by atoms with Crippen LogP contribution in [0.4, 0.5) is 10.2 Å². The van der Waals surface area contributed by atoms with E-state index < -0.39 is 11.6 Å². The highest BCUT2D eigenvalue weighted by Crippen LogP contribution is 2.36. The molecule has 0 bridgehead atoms. The molecule has 3 N–H and O–H groups in total. The summed E-state index contributed by atoms with van der Waals surface area (Å²) in [5.74, 6) is 0.000563. The Morgan fingerprint density at radius 2 is 1.72 bits per heavy atom. The molecule has 1 aromatic carbocycles. The number of oxazole rings is 1. The number of phenolic OH excluding ortho intramolecular Hbond substituents is 1. The lowest BCUT2D eigenvalue weighted by molar-refractivity contribution is 0.437. The van der Waals surface area contributed by atoms with Crippen LogP contribution in [0.15, 0.2) is 34.7 Å². The summed E-state index contributed by atoms with van der Waals surface area (Å²) in [4.78, 5) is 15.5. The molecule has 3 aromatic heterocycles. The third-order valence-corrected chi connectivity index (χ3v) is 5.98. The number of nitrogens with two attached hydrogens (primary N) is 1. The maximum absolute atomic E-state index is 14.5. The fourth-order valence-corrected chi connectivity index (χ4v) is 3.79. The van der Waals surface area contributed by atoms with Gasteiger partial charge in [-0.05, 0) is 62.9 Å². The zero-order valence-corrected chi connectivity index (χ0v) is 18.2. The van der Waals surface area contributed by atoms with E-state index in [4.69, 9.17) is 10.2 Å². The highest BCUT2D eigenvalue weighted by Gasteiger charge is 2.31. The van der Waals surface area contributed by atoms with Crippen LogP contribution in [0.3, 0.4) is 0 Å². The van der Waals surface area contributed by atoms with E-state index in [1.165, 1.54) is 25.7 Å². The van der Waals surface area contributed by atoms with Gasteiger partial charge in [0.25, 0.3) is 0 Å². The number of phenols is 1. The van der Waals surface area contributed by atoms with Crippen LogP contribution in [0.2, 0.25) is 0 Å². The van der Waals surface area contributed by atoms with Crippen molar-refractivity contribution in [3.05, 3.63) is 42.0 Å². The Morgan fingerprint density at radius 1 is 1.06 bits per heavy atom. The van der Waals surface area contributed by atoms with Crippen LogP contribution in [-0.2, 0) is 0 Å². The first-order valence-electron chi connectivity index (χ1n) is 10.9. The van der Waals surface area contributed by atoms with E-state index in [1.807, 2.05) is 18.2 Å². The standard InChI is InChI=1S/C20H17FN4O2.C4H9N/c1-11-22-19-16(27-11)10-12(20(26)18(19)21)13-4-5-15-14(23-13)6-7-17(24-15)25-8-2-3-9-25;1-4(5)2-3-4/h4-7,10,26H,2-3,8-9H2,1H3;2-3,5H2,1H3. The summed E-state index contributed by atoms with van der Waals surface area (Å²) in [6.07, 6.45) is 4.83. The van der Waals surface area contributed by atoms with Crippen LogP contribution in [0.1, 0.15) is 38.5 Å². The molecular weight excluding hydrogens is 409 g/mol. The molecule has 2 aliphatic rings. The van der Waals surface area contributed by atoms with Crippen molar-refractivity contribution in [1.82, 2.24) is 15.0 Å². The second kappa shape index (κ2) is 7.70. The normalized spacial score (nSPS) is 16.9. The fraction of sp³-hybridized carbons (Fsp3) is 0.375. The van der Waals surface area contributed by atoms with Gasteiger partial charge < -0.3 is 20.2 Å². The van der Waals surface area contributed by atoms with Gasteiger partial charge in [0, 0.05) is 31.1 Å². The predicted molar refractivity (Wildman–Crippen MR) is 122 cm³/mol. The highest BCUT2D eigenvalue weighted by molar-refractivity contribution is 5.87. The molecule has 1 aliphatic heterocycles. The van der Waals surface area contributed by atoms with Crippen LogP contribution in [0.25, 0.3) is 33.4 Å². The summed E-state index contributed by atoms with van der Waals surface area (Å²) >= 11 is 0. The molecule has 4 heterocycles. The molecule has 1 aliphatic carbocycles. The van der Waals surface area contributed by atoms with E-state index in [9.17, 15) is 9.50 Å². The predicted octanol–water partition coefficient (Wildman–Crippen LogP) is 4.69. The third-order valence-electron chi connectivity index (χ3n) is 5.98. The van der Waals surface area contributed by atoms with E-state index >= 15 is 0 Å². The second-order valence-corrected chi connectivity index (χ2v) is 8.92. The lowest BCUT2D eigenvalue weighted by Gasteiger charge is -2.16. The molecular formula is C24H26FN5O2. The first-order chi connectivity index (χ1) is 15.3. The van der Waals surface area contributed by atoms with Gasteiger partial charge in [0.05, 0.1) is 16.7 Å². The number of fused-ring (bicyclic) bond motifs is 2. The lowest BCUT2D eigenvalue weighted by Crippen LogP contribution is -2.18. The van der Waals surface area contributed by atoms with Crippen LogP contribution >= 0.6 is 0 Å². The molecule has 0 amide bonds. The summed E-state index contributed by atoms with van der Waals surface area (Å²) in [6.45, 7) is 5.75. The average molecular weight is 436 g/mol. The van der Waals surface area contributed by atoms with Gasteiger partial charge in [-0.25, -0.2) is 19.3 Å². The molecule has 0 unspecified atom stereocenters. The minimum Gasteiger partial charge on any atom is -0.504 e. The van der Waals surface area contributed by atoms with Crippen molar-refractivity contribution in [3.8, 4) is 17.0 Å². The SMILES string of the molecule is CC1(N)CC1.Cc1nc2c(F)c(O)c(-c3ccc4nc(N5CCCC5)ccc4n3)cc2o1. The van der Waals surface area contributed by atoms with Gasteiger partial charge in [-0.15, -0.1) is 0 Å². The quantitative estimate of drug-likeness (QED) is 0.471. The molecule has 1 saturated heterocycles. The summed E-state index contributed by atoms with van der Waals surface area (Å²) < 4.78 is 19.9. The van der Waals surface area contributed by atoms with Gasteiger partial charge in [-0.2, -0.15) is 0 Å². The number of aromatic hydroxyl groups is 1.